The van der Waals surface area contributed by atoms with E-state index in [-0.39, 0.29) is 17.9 Å². The maximum absolute atomic E-state index is 11.9. The SMILES string of the molecule is Cn1c(NCC(=O)Nc2ccccn2)c(C#N)c(=O)n(C)c1=O. The van der Waals surface area contributed by atoms with Gasteiger partial charge in [0, 0.05) is 20.3 Å². The van der Waals surface area contributed by atoms with Crippen molar-refractivity contribution in [2.24, 2.45) is 14.1 Å². The highest BCUT2D eigenvalue weighted by atomic mass is 16.2. The average molecular weight is 314 g/mol. The predicted molar refractivity (Wildman–Crippen MR) is 83.0 cm³/mol. The zero-order valence-corrected chi connectivity index (χ0v) is 12.5. The lowest BCUT2D eigenvalue weighted by Gasteiger charge is -2.13. The Balaban J connectivity index is 2.21. The van der Waals surface area contributed by atoms with E-state index in [1.807, 2.05) is 0 Å². The van der Waals surface area contributed by atoms with E-state index in [9.17, 15) is 14.4 Å². The second kappa shape index (κ2) is 6.57. The van der Waals surface area contributed by atoms with Crippen molar-refractivity contribution in [3.8, 4) is 6.07 Å². The van der Waals surface area contributed by atoms with E-state index >= 15 is 0 Å². The Morgan fingerprint density at radius 3 is 2.65 bits per heavy atom. The van der Waals surface area contributed by atoms with Crippen LogP contribution in [-0.4, -0.2) is 26.6 Å². The van der Waals surface area contributed by atoms with Gasteiger partial charge in [0.15, 0.2) is 5.56 Å². The number of nitrogens with zero attached hydrogens (tertiary/aromatic N) is 4. The van der Waals surface area contributed by atoms with Crippen molar-refractivity contribution < 1.29 is 4.79 Å². The average Bonchev–Trinajstić information content (AvgIpc) is 2.56. The van der Waals surface area contributed by atoms with Gasteiger partial charge in [0.2, 0.25) is 5.91 Å². The summed E-state index contributed by atoms with van der Waals surface area (Å²) in [4.78, 5) is 39.6. The van der Waals surface area contributed by atoms with Gasteiger partial charge in [-0.05, 0) is 12.1 Å². The minimum Gasteiger partial charge on any atom is -0.361 e. The van der Waals surface area contributed by atoms with Gasteiger partial charge in [-0.25, -0.2) is 9.78 Å². The molecular formula is C14H14N6O3. The van der Waals surface area contributed by atoms with Crippen LogP contribution in [0.3, 0.4) is 0 Å². The maximum atomic E-state index is 11.9. The molecule has 0 bridgehead atoms. The van der Waals surface area contributed by atoms with Crippen LogP contribution in [0.15, 0.2) is 34.0 Å². The van der Waals surface area contributed by atoms with E-state index < -0.39 is 17.2 Å². The molecule has 2 heterocycles. The van der Waals surface area contributed by atoms with Gasteiger partial charge in [-0.2, -0.15) is 5.26 Å². The van der Waals surface area contributed by atoms with Crippen molar-refractivity contribution in [2.45, 2.75) is 0 Å². The molecule has 0 aliphatic heterocycles. The first-order valence-corrected chi connectivity index (χ1v) is 6.60. The van der Waals surface area contributed by atoms with E-state index in [0.717, 1.165) is 9.13 Å². The third-order valence-electron chi connectivity index (χ3n) is 3.13. The molecule has 118 valence electrons. The Labute approximate surface area is 130 Å². The number of hydrogen-bond donors (Lipinski definition) is 2. The van der Waals surface area contributed by atoms with Gasteiger partial charge in [-0.1, -0.05) is 6.07 Å². The molecule has 0 saturated heterocycles. The predicted octanol–water partition coefficient (Wildman–Crippen LogP) is -0.599. The summed E-state index contributed by atoms with van der Waals surface area (Å²) in [5, 5.41) is 14.3. The summed E-state index contributed by atoms with van der Waals surface area (Å²) < 4.78 is 1.94. The fourth-order valence-electron chi connectivity index (χ4n) is 1.94. The van der Waals surface area contributed by atoms with Crippen molar-refractivity contribution in [3.05, 3.63) is 50.8 Å². The number of nitrogens with one attached hydrogen (secondary N) is 2. The molecular weight excluding hydrogens is 300 g/mol. The van der Waals surface area contributed by atoms with Crippen molar-refractivity contribution in [3.63, 3.8) is 0 Å². The molecule has 0 radical (unpaired) electrons. The zero-order valence-electron chi connectivity index (χ0n) is 12.5. The lowest BCUT2D eigenvalue weighted by molar-refractivity contribution is -0.114. The zero-order chi connectivity index (χ0) is 17.0. The first kappa shape index (κ1) is 16.0. The Hall–Kier alpha value is -3.41. The van der Waals surface area contributed by atoms with E-state index in [0.29, 0.717) is 5.82 Å². The summed E-state index contributed by atoms with van der Waals surface area (Å²) in [6.45, 7) is -0.230. The van der Waals surface area contributed by atoms with Gasteiger partial charge in [0.1, 0.15) is 17.7 Å². The van der Waals surface area contributed by atoms with Crippen molar-refractivity contribution >= 4 is 17.5 Å². The maximum Gasteiger partial charge on any atom is 0.332 e. The number of amides is 1. The van der Waals surface area contributed by atoms with Crippen molar-refractivity contribution in [2.75, 3.05) is 17.2 Å². The number of aromatic nitrogens is 3. The highest BCUT2D eigenvalue weighted by molar-refractivity contribution is 5.92. The minimum atomic E-state index is -0.719. The lowest BCUT2D eigenvalue weighted by atomic mass is 10.3. The number of rotatable bonds is 4. The van der Waals surface area contributed by atoms with Crippen LogP contribution in [-0.2, 0) is 18.9 Å². The van der Waals surface area contributed by atoms with Crippen LogP contribution in [0, 0.1) is 11.3 Å². The molecule has 9 nitrogen and oxygen atoms in total. The first-order chi connectivity index (χ1) is 11.0. The number of carbonyl (C=O) groups is 1. The Bertz CT molecular complexity index is 892. The Morgan fingerprint density at radius 2 is 2.04 bits per heavy atom. The molecule has 23 heavy (non-hydrogen) atoms. The Morgan fingerprint density at radius 1 is 1.30 bits per heavy atom. The van der Waals surface area contributed by atoms with Gasteiger partial charge in [-0.3, -0.25) is 18.7 Å². The van der Waals surface area contributed by atoms with Gasteiger partial charge in [0.05, 0.1) is 6.54 Å². The van der Waals surface area contributed by atoms with Crippen LogP contribution in [0.2, 0.25) is 0 Å². The molecule has 0 spiro atoms. The monoisotopic (exact) mass is 314 g/mol. The molecule has 0 saturated carbocycles. The first-order valence-electron chi connectivity index (χ1n) is 6.60. The van der Waals surface area contributed by atoms with Gasteiger partial charge < -0.3 is 10.6 Å². The molecule has 2 aromatic rings. The van der Waals surface area contributed by atoms with E-state index in [4.69, 9.17) is 5.26 Å². The number of hydrogen-bond acceptors (Lipinski definition) is 6. The second-order valence-electron chi connectivity index (χ2n) is 4.66. The van der Waals surface area contributed by atoms with Gasteiger partial charge >= 0.3 is 5.69 Å². The van der Waals surface area contributed by atoms with Crippen LogP contribution < -0.4 is 21.9 Å². The molecule has 1 amide bonds. The number of nitriles is 1. The third-order valence-corrected chi connectivity index (χ3v) is 3.13. The molecule has 9 heteroatoms. The summed E-state index contributed by atoms with van der Waals surface area (Å²) in [6.07, 6.45) is 1.53. The fourth-order valence-corrected chi connectivity index (χ4v) is 1.94. The summed E-state index contributed by atoms with van der Waals surface area (Å²) in [5.41, 5.74) is -1.55. The molecule has 0 aliphatic rings. The molecule has 0 fully saturated rings. The number of pyridine rings is 1. The van der Waals surface area contributed by atoms with Crippen LogP contribution in [0.5, 0.6) is 0 Å². The topological polar surface area (TPSA) is 122 Å². The molecule has 0 aliphatic carbocycles. The highest BCUT2D eigenvalue weighted by Gasteiger charge is 2.16. The molecule has 0 aromatic carbocycles. The van der Waals surface area contributed by atoms with Gasteiger partial charge in [-0.15, -0.1) is 0 Å². The standard InChI is InChI=1S/C14H14N6O3/c1-19-12(9(7-15)13(22)20(2)14(19)23)17-8-11(21)18-10-5-3-4-6-16-10/h3-6,17H,8H2,1-2H3,(H,16,18,21). The number of carbonyl (C=O) groups excluding carboxylic acids is 1. The summed E-state index contributed by atoms with van der Waals surface area (Å²) >= 11 is 0. The van der Waals surface area contributed by atoms with E-state index in [1.165, 1.54) is 20.3 Å². The van der Waals surface area contributed by atoms with Crippen LogP contribution in [0.25, 0.3) is 0 Å². The van der Waals surface area contributed by atoms with Gasteiger partial charge in [0.25, 0.3) is 5.56 Å². The van der Waals surface area contributed by atoms with E-state index in [2.05, 4.69) is 15.6 Å². The van der Waals surface area contributed by atoms with Crippen molar-refractivity contribution in [1.29, 1.82) is 5.26 Å². The van der Waals surface area contributed by atoms with E-state index in [1.54, 1.807) is 24.3 Å². The highest BCUT2D eigenvalue weighted by Crippen LogP contribution is 2.06. The lowest BCUT2D eigenvalue weighted by Crippen LogP contribution is -2.40. The molecule has 2 rings (SSSR count). The largest absolute Gasteiger partial charge is 0.361 e. The molecule has 0 unspecified atom stereocenters. The summed E-state index contributed by atoms with van der Waals surface area (Å²) in [5.74, 6) is -0.0600. The molecule has 2 aromatic heterocycles. The smallest absolute Gasteiger partial charge is 0.332 e. The quantitative estimate of drug-likeness (QED) is 0.777. The summed E-state index contributed by atoms with van der Waals surface area (Å²) in [7, 11) is 2.69. The minimum absolute atomic E-state index is 0.00299. The number of anilines is 2. The fraction of sp³-hybridized carbons (Fsp3) is 0.214. The van der Waals surface area contributed by atoms with Crippen LogP contribution in [0.4, 0.5) is 11.6 Å². The van der Waals surface area contributed by atoms with Crippen molar-refractivity contribution in [1.82, 2.24) is 14.1 Å². The molecule has 0 atom stereocenters. The molecule has 2 N–H and O–H groups in total. The van der Waals surface area contributed by atoms with Crippen LogP contribution >= 0.6 is 0 Å². The third kappa shape index (κ3) is 3.26. The second-order valence-corrected chi connectivity index (χ2v) is 4.66. The summed E-state index contributed by atoms with van der Waals surface area (Å²) in [6, 6.07) is 6.79. The normalized spacial score (nSPS) is 9.96. The Kier molecular flexibility index (Phi) is 4.56. The van der Waals surface area contributed by atoms with Crippen LogP contribution in [0.1, 0.15) is 5.56 Å².